The van der Waals surface area contributed by atoms with E-state index in [-0.39, 0.29) is 6.03 Å². The number of benzene rings is 2. The Labute approximate surface area is 171 Å². The lowest BCUT2D eigenvalue weighted by atomic mass is 10.00. The van der Waals surface area contributed by atoms with Crippen molar-refractivity contribution in [2.75, 3.05) is 13.2 Å². The summed E-state index contributed by atoms with van der Waals surface area (Å²) in [5, 5.41) is 7.30. The van der Waals surface area contributed by atoms with Gasteiger partial charge in [0.05, 0.1) is 13.2 Å². The molecular formula is C23H26N4O2. The van der Waals surface area contributed by atoms with Crippen LogP contribution in [0.3, 0.4) is 0 Å². The first-order valence-electron chi connectivity index (χ1n) is 10.0. The van der Waals surface area contributed by atoms with Crippen LogP contribution in [0.2, 0.25) is 0 Å². The number of hydrogen-bond donors (Lipinski definition) is 1. The van der Waals surface area contributed by atoms with Crippen LogP contribution in [0.4, 0.5) is 4.79 Å². The minimum Gasteiger partial charge on any atom is -0.494 e. The van der Waals surface area contributed by atoms with Crippen molar-refractivity contribution in [2.24, 2.45) is 0 Å². The highest BCUT2D eigenvalue weighted by Gasteiger charge is 2.21. The van der Waals surface area contributed by atoms with Gasteiger partial charge in [-0.25, -0.2) is 4.79 Å². The molecule has 0 unspecified atom stereocenters. The Morgan fingerprint density at radius 3 is 2.86 bits per heavy atom. The van der Waals surface area contributed by atoms with Gasteiger partial charge in [0.25, 0.3) is 0 Å². The highest BCUT2D eigenvalue weighted by molar-refractivity contribution is 5.74. The van der Waals surface area contributed by atoms with Gasteiger partial charge in [-0.05, 0) is 53.8 Å². The predicted octanol–water partition coefficient (Wildman–Crippen LogP) is 3.60. The Balaban J connectivity index is 1.35. The number of fused-ring (bicyclic) bond motifs is 1. The topological polar surface area (TPSA) is 59.4 Å². The minimum absolute atomic E-state index is 0.0325. The molecule has 0 spiro atoms. The molecule has 0 atom stereocenters. The van der Waals surface area contributed by atoms with Crippen molar-refractivity contribution >= 4 is 6.03 Å². The maximum Gasteiger partial charge on any atom is 0.317 e. The van der Waals surface area contributed by atoms with Crippen LogP contribution < -0.4 is 10.1 Å². The Hall–Kier alpha value is -3.28. The fraction of sp³-hybridized carbons (Fsp3) is 0.304. The standard InChI is InChI=1S/C23H26N4O2/c1-2-29-22-8-7-20-9-12-26(17-21(20)14-22)23(28)24-15-18-5-3-6-19(13-18)16-27-11-4-10-25-27/h3-8,10-11,13-14H,2,9,12,15-17H2,1H3,(H,24,28). The molecule has 0 saturated heterocycles. The monoisotopic (exact) mass is 390 g/mol. The quantitative estimate of drug-likeness (QED) is 0.700. The lowest BCUT2D eigenvalue weighted by Gasteiger charge is -2.29. The van der Waals surface area contributed by atoms with Crippen molar-refractivity contribution in [3.8, 4) is 5.75 Å². The molecular weight excluding hydrogens is 364 g/mol. The summed E-state index contributed by atoms with van der Waals surface area (Å²) in [5.74, 6) is 0.863. The predicted molar refractivity (Wildman–Crippen MR) is 112 cm³/mol. The van der Waals surface area contributed by atoms with Gasteiger partial charge in [-0.3, -0.25) is 4.68 Å². The summed E-state index contributed by atoms with van der Waals surface area (Å²) in [5.41, 5.74) is 4.71. The molecule has 150 valence electrons. The summed E-state index contributed by atoms with van der Waals surface area (Å²) in [4.78, 5) is 14.6. The van der Waals surface area contributed by atoms with Crippen molar-refractivity contribution < 1.29 is 9.53 Å². The van der Waals surface area contributed by atoms with Gasteiger partial charge in [0, 0.05) is 32.0 Å². The zero-order valence-electron chi connectivity index (χ0n) is 16.7. The number of ether oxygens (including phenoxy) is 1. The first kappa shape index (κ1) is 19.1. The fourth-order valence-corrected chi connectivity index (χ4v) is 3.67. The van der Waals surface area contributed by atoms with Crippen LogP contribution in [0.1, 0.15) is 29.2 Å². The molecule has 0 aliphatic carbocycles. The molecule has 2 heterocycles. The van der Waals surface area contributed by atoms with Gasteiger partial charge in [-0.1, -0.05) is 30.3 Å². The number of hydrogen-bond acceptors (Lipinski definition) is 3. The first-order chi connectivity index (χ1) is 14.2. The lowest BCUT2D eigenvalue weighted by molar-refractivity contribution is 0.191. The van der Waals surface area contributed by atoms with Crippen molar-refractivity contribution in [2.45, 2.75) is 33.0 Å². The van der Waals surface area contributed by atoms with Crippen LogP contribution in [0.15, 0.2) is 60.9 Å². The summed E-state index contributed by atoms with van der Waals surface area (Å²) in [6.07, 6.45) is 4.59. The number of rotatable bonds is 6. The third-order valence-corrected chi connectivity index (χ3v) is 5.13. The summed E-state index contributed by atoms with van der Waals surface area (Å²) < 4.78 is 7.48. The molecule has 1 aliphatic heterocycles. The number of urea groups is 1. The molecule has 1 aromatic heterocycles. The van der Waals surface area contributed by atoms with Gasteiger partial charge in [0.15, 0.2) is 0 Å². The van der Waals surface area contributed by atoms with E-state index in [1.165, 1.54) is 11.1 Å². The van der Waals surface area contributed by atoms with E-state index in [4.69, 9.17) is 4.74 Å². The van der Waals surface area contributed by atoms with E-state index in [2.05, 4.69) is 34.7 Å². The zero-order chi connectivity index (χ0) is 20.1. The molecule has 0 fully saturated rings. The molecule has 1 N–H and O–H groups in total. The first-order valence-corrected chi connectivity index (χ1v) is 10.0. The number of nitrogens with one attached hydrogen (secondary N) is 1. The van der Waals surface area contributed by atoms with E-state index in [1.807, 2.05) is 47.0 Å². The van der Waals surface area contributed by atoms with Crippen LogP contribution in [-0.4, -0.2) is 33.9 Å². The van der Waals surface area contributed by atoms with Crippen LogP contribution in [-0.2, 0) is 26.1 Å². The largest absolute Gasteiger partial charge is 0.494 e. The van der Waals surface area contributed by atoms with Crippen molar-refractivity contribution in [3.63, 3.8) is 0 Å². The van der Waals surface area contributed by atoms with E-state index in [9.17, 15) is 4.79 Å². The third kappa shape index (κ3) is 4.77. The smallest absolute Gasteiger partial charge is 0.317 e. The molecule has 0 saturated carbocycles. The van der Waals surface area contributed by atoms with Crippen LogP contribution in [0, 0.1) is 0 Å². The Bertz CT molecular complexity index is 969. The van der Waals surface area contributed by atoms with Crippen molar-refractivity contribution in [1.82, 2.24) is 20.0 Å². The molecule has 0 bridgehead atoms. The summed E-state index contributed by atoms with van der Waals surface area (Å²) in [7, 11) is 0. The highest BCUT2D eigenvalue weighted by atomic mass is 16.5. The van der Waals surface area contributed by atoms with Gasteiger partial charge in [-0.15, -0.1) is 0 Å². The highest BCUT2D eigenvalue weighted by Crippen LogP contribution is 2.24. The second kappa shape index (κ2) is 8.82. The van der Waals surface area contributed by atoms with Gasteiger partial charge in [-0.2, -0.15) is 5.10 Å². The Morgan fingerprint density at radius 2 is 2.03 bits per heavy atom. The van der Waals surface area contributed by atoms with E-state index in [0.29, 0.717) is 19.7 Å². The molecule has 2 aromatic carbocycles. The van der Waals surface area contributed by atoms with E-state index < -0.39 is 0 Å². The SMILES string of the molecule is CCOc1ccc2c(c1)CN(C(=O)NCc1cccc(Cn3cccn3)c1)CC2. The third-order valence-electron chi connectivity index (χ3n) is 5.13. The molecule has 0 radical (unpaired) electrons. The van der Waals surface area contributed by atoms with Crippen molar-refractivity contribution in [1.29, 1.82) is 0 Å². The van der Waals surface area contributed by atoms with E-state index in [0.717, 1.165) is 36.4 Å². The minimum atomic E-state index is -0.0325. The molecule has 2 amide bonds. The van der Waals surface area contributed by atoms with Gasteiger partial charge >= 0.3 is 6.03 Å². The Morgan fingerprint density at radius 1 is 1.14 bits per heavy atom. The number of nitrogens with zero attached hydrogens (tertiary/aromatic N) is 3. The maximum absolute atomic E-state index is 12.7. The molecule has 6 nitrogen and oxygen atoms in total. The Kier molecular flexibility index (Phi) is 5.79. The lowest BCUT2D eigenvalue weighted by Crippen LogP contribution is -2.42. The summed E-state index contributed by atoms with van der Waals surface area (Å²) >= 11 is 0. The number of amides is 2. The molecule has 1 aliphatic rings. The molecule has 4 rings (SSSR count). The van der Waals surface area contributed by atoms with Gasteiger partial charge in [0.1, 0.15) is 5.75 Å². The average molecular weight is 390 g/mol. The zero-order valence-corrected chi connectivity index (χ0v) is 16.7. The molecule has 6 heteroatoms. The van der Waals surface area contributed by atoms with Crippen LogP contribution >= 0.6 is 0 Å². The van der Waals surface area contributed by atoms with Crippen LogP contribution in [0.25, 0.3) is 0 Å². The fourth-order valence-electron chi connectivity index (χ4n) is 3.67. The number of carbonyl (C=O) groups is 1. The average Bonchev–Trinajstić information content (AvgIpc) is 3.25. The maximum atomic E-state index is 12.7. The second-order valence-electron chi connectivity index (χ2n) is 7.22. The van der Waals surface area contributed by atoms with Crippen LogP contribution in [0.5, 0.6) is 5.75 Å². The number of carbonyl (C=O) groups excluding carboxylic acids is 1. The summed E-state index contributed by atoms with van der Waals surface area (Å²) in [6.45, 7) is 5.19. The summed E-state index contributed by atoms with van der Waals surface area (Å²) in [6, 6.07) is 16.3. The van der Waals surface area contributed by atoms with E-state index >= 15 is 0 Å². The number of aromatic nitrogens is 2. The second-order valence-corrected chi connectivity index (χ2v) is 7.22. The van der Waals surface area contributed by atoms with Gasteiger partial charge < -0.3 is 15.0 Å². The van der Waals surface area contributed by atoms with Gasteiger partial charge in [0.2, 0.25) is 0 Å². The van der Waals surface area contributed by atoms with E-state index in [1.54, 1.807) is 6.20 Å². The normalized spacial score (nSPS) is 13.1. The molecule has 3 aromatic rings. The van der Waals surface area contributed by atoms with Crippen molar-refractivity contribution in [3.05, 3.63) is 83.2 Å². The molecule has 29 heavy (non-hydrogen) atoms.